The number of benzene rings is 1. The van der Waals surface area contributed by atoms with Gasteiger partial charge in [0, 0.05) is 19.1 Å². The Morgan fingerprint density at radius 3 is 2.65 bits per heavy atom. The topological polar surface area (TPSA) is 75.7 Å². The van der Waals surface area contributed by atoms with Gasteiger partial charge < -0.3 is 10.1 Å². The van der Waals surface area contributed by atoms with E-state index in [1.165, 1.54) is 22.5 Å². The largest absolute Gasteiger partial charge is 0.379 e. The van der Waals surface area contributed by atoms with Crippen molar-refractivity contribution in [2.45, 2.75) is 31.2 Å². The lowest BCUT2D eigenvalue weighted by atomic mass is 10.2. The van der Waals surface area contributed by atoms with Crippen LogP contribution < -0.4 is 5.32 Å². The summed E-state index contributed by atoms with van der Waals surface area (Å²) >= 11 is 6.06. The highest BCUT2D eigenvalue weighted by molar-refractivity contribution is 7.89. The summed E-state index contributed by atoms with van der Waals surface area (Å²) in [6.07, 6.45) is 0.773. The molecule has 1 aromatic rings. The number of carbonyl (C=O) groups excluding carboxylic acids is 1. The van der Waals surface area contributed by atoms with E-state index in [4.69, 9.17) is 16.3 Å². The van der Waals surface area contributed by atoms with Gasteiger partial charge in [0.1, 0.15) is 0 Å². The van der Waals surface area contributed by atoms with Gasteiger partial charge in [-0.15, -0.1) is 0 Å². The Morgan fingerprint density at radius 1 is 1.39 bits per heavy atom. The predicted octanol–water partition coefficient (Wildman–Crippen LogP) is 1.89. The zero-order valence-electron chi connectivity index (χ0n) is 13.2. The summed E-state index contributed by atoms with van der Waals surface area (Å²) in [5.74, 6) is -0.372. The van der Waals surface area contributed by atoms with Crippen LogP contribution in [-0.2, 0) is 14.8 Å². The lowest BCUT2D eigenvalue weighted by molar-refractivity contribution is 0.0730. The molecule has 1 amide bonds. The van der Waals surface area contributed by atoms with E-state index in [0.29, 0.717) is 26.3 Å². The summed E-state index contributed by atoms with van der Waals surface area (Å²) in [5.41, 5.74) is 0.168. The first-order valence-electron chi connectivity index (χ1n) is 7.54. The second-order valence-electron chi connectivity index (χ2n) is 5.44. The molecule has 6 nitrogen and oxygen atoms in total. The molecule has 1 aromatic carbocycles. The van der Waals surface area contributed by atoms with E-state index in [9.17, 15) is 13.2 Å². The number of rotatable bonds is 5. The van der Waals surface area contributed by atoms with Crippen LogP contribution in [0.15, 0.2) is 23.1 Å². The van der Waals surface area contributed by atoms with Gasteiger partial charge in [0.15, 0.2) is 0 Å². The average Bonchev–Trinajstić information content (AvgIpc) is 2.55. The molecule has 0 aliphatic carbocycles. The summed E-state index contributed by atoms with van der Waals surface area (Å²) in [7, 11) is -3.65. The molecule has 1 fully saturated rings. The van der Waals surface area contributed by atoms with Gasteiger partial charge in [0.2, 0.25) is 10.0 Å². The fraction of sp³-hybridized carbons (Fsp3) is 0.533. The molecule has 1 saturated heterocycles. The summed E-state index contributed by atoms with van der Waals surface area (Å²) in [6.45, 7) is 5.17. The molecule has 1 aliphatic rings. The number of carbonyl (C=O) groups is 1. The monoisotopic (exact) mass is 360 g/mol. The number of amides is 1. The summed E-state index contributed by atoms with van der Waals surface area (Å²) in [6, 6.07) is 4.19. The molecule has 0 bridgehead atoms. The second kappa shape index (κ2) is 7.61. The Morgan fingerprint density at radius 2 is 2.04 bits per heavy atom. The molecule has 128 valence electrons. The van der Waals surface area contributed by atoms with Gasteiger partial charge in [0.25, 0.3) is 5.91 Å². The van der Waals surface area contributed by atoms with Crippen LogP contribution in [0.5, 0.6) is 0 Å². The van der Waals surface area contributed by atoms with Gasteiger partial charge in [-0.1, -0.05) is 18.5 Å². The summed E-state index contributed by atoms with van der Waals surface area (Å²) in [5, 5.41) is 3.02. The molecular formula is C15H21ClN2O4S. The van der Waals surface area contributed by atoms with Crippen LogP contribution >= 0.6 is 11.6 Å². The van der Waals surface area contributed by atoms with Gasteiger partial charge in [-0.3, -0.25) is 4.79 Å². The first-order chi connectivity index (χ1) is 10.9. The third-order valence-corrected chi connectivity index (χ3v) is 6.00. The zero-order chi connectivity index (χ0) is 17.0. The molecule has 1 atom stereocenters. The van der Waals surface area contributed by atoms with Crippen molar-refractivity contribution in [3.8, 4) is 0 Å². The maximum atomic E-state index is 12.6. The second-order valence-corrected chi connectivity index (χ2v) is 7.79. The summed E-state index contributed by atoms with van der Waals surface area (Å²) < 4.78 is 31.8. The fourth-order valence-corrected chi connectivity index (χ4v) is 3.82. The zero-order valence-corrected chi connectivity index (χ0v) is 14.8. The van der Waals surface area contributed by atoms with Crippen molar-refractivity contribution >= 4 is 27.5 Å². The van der Waals surface area contributed by atoms with Crippen LogP contribution in [0.1, 0.15) is 30.6 Å². The molecule has 1 heterocycles. The van der Waals surface area contributed by atoms with Crippen molar-refractivity contribution in [3.05, 3.63) is 28.8 Å². The van der Waals surface area contributed by atoms with Gasteiger partial charge in [-0.05, 0) is 31.5 Å². The number of nitrogens with zero attached hydrogens (tertiary/aromatic N) is 1. The van der Waals surface area contributed by atoms with Crippen LogP contribution in [-0.4, -0.2) is 51.0 Å². The highest BCUT2D eigenvalue weighted by atomic mass is 35.5. The van der Waals surface area contributed by atoms with Gasteiger partial charge in [-0.2, -0.15) is 4.31 Å². The minimum atomic E-state index is -3.65. The van der Waals surface area contributed by atoms with Crippen LogP contribution in [0.25, 0.3) is 0 Å². The van der Waals surface area contributed by atoms with Gasteiger partial charge >= 0.3 is 0 Å². The van der Waals surface area contributed by atoms with E-state index < -0.39 is 10.0 Å². The third kappa shape index (κ3) is 4.23. The lowest BCUT2D eigenvalue weighted by Gasteiger charge is -2.26. The van der Waals surface area contributed by atoms with Gasteiger partial charge in [0.05, 0.1) is 28.7 Å². The molecule has 0 aromatic heterocycles. The van der Waals surface area contributed by atoms with Crippen LogP contribution in [0, 0.1) is 0 Å². The van der Waals surface area contributed by atoms with Crippen molar-refractivity contribution in [3.63, 3.8) is 0 Å². The SMILES string of the molecule is CC[C@@H](C)NC(=O)c1cc(S(=O)(=O)N2CCOCC2)ccc1Cl. The van der Waals surface area contributed by atoms with Crippen molar-refractivity contribution < 1.29 is 17.9 Å². The normalized spacial score (nSPS) is 17.7. The van der Waals surface area contributed by atoms with Crippen LogP contribution in [0.2, 0.25) is 5.02 Å². The van der Waals surface area contributed by atoms with Crippen molar-refractivity contribution in [2.24, 2.45) is 0 Å². The van der Waals surface area contributed by atoms with E-state index >= 15 is 0 Å². The Kier molecular flexibility index (Phi) is 6.02. The predicted molar refractivity (Wildman–Crippen MR) is 88.2 cm³/mol. The number of hydrogen-bond donors (Lipinski definition) is 1. The number of morpholine rings is 1. The molecule has 1 N–H and O–H groups in total. The number of halogens is 1. The minimum absolute atomic E-state index is 0.0157. The molecule has 1 aliphatic heterocycles. The molecule has 23 heavy (non-hydrogen) atoms. The van der Waals surface area contributed by atoms with E-state index in [0.717, 1.165) is 6.42 Å². The van der Waals surface area contributed by atoms with Crippen molar-refractivity contribution in [2.75, 3.05) is 26.3 Å². The maximum absolute atomic E-state index is 12.6. The number of hydrogen-bond acceptors (Lipinski definition) is 4. The minimum Gasteiger partial charge on any atom is -0.379 e. The number of sulfonamides is 1. The molecule has 8 heteroatoms. The van der Waals surface area contributed by atoms with E-state index in [-0.39, 0.29) is 27.4 Å². The molecule has 0 radical (unpaired) electrons. The molecule has 0 unspecified atom stereocenters. The lowest BCUT2D eigenvalue weighted by Crippen LogP contribution is -2.40. The molecular weight excluding hydrogens is 340 g/mol. The van der Waals surface area contributed by atoms with E-state index in [1.54, 1.807) is 0 Å². The quantitative estimate of drug-likeness (QED) is 0.870. The fourth-order valence-electron chi connectivity index (χ4n) is 2.18. The highest BCUT2D eigenvalue weighted by Gasteiger charge is 2.27. The Bertz CT molecular complexity index is 672. The third-order valence-electron chi connectivity index (χ3n) is 3.78. The van der Waals surface area contributed by atoms with Crippen molar-refractivity contribution in [1.29, 1.82) is 0 Å². The molecule has 0 saturated carbocycles. The number of ether oxygens (including phenoxy) is 1. The Labute approximate surface area is 141 Å². The van der Waals surface area contributed by atoms with E-state index in [1.807, 2.05) is 13.8 Å². The molecule has 0 spiro atoms. The van der Waals surface area contributed by atoms with Crippen LogP contribution in [0.4, 0.5) is 0 Å². The highest BCUT2D eigenvalue weighted by Crippen LogP contribution is 2.23. The summed E-state index contributed by atoms with van der Waals surface area (Å²) in [4.78, 5) is 12.3. The smallest absolute Gasteiger partial charge is 0.253 e. The maximum Gasteiger partial charge on any atom is 0.253 e. The first-order valence-corrected chi connectivity index (χ1v) is 9.36. The van der Waals surface area contributed by atoms with Gasteiger partial charge in [-0.25, -0.2) is 8.42 Å². The van der Waals surface area contributed by atoms with Crippen molar-refractivity contribution in [1.82, 2.24) is 9.62 Å². The standard InChI is InChI=1S/C15H21ClN2O4S/c1-3-11(2)17-15(19)13-10-12(4-5-14(13)16)23(20,21)18-6-8-22-9-7-18/h4-5,10-11H,3,6-9H2,1-2H3,(H,17,19)/t11-/m1/s1. The van der Waals surface area contributed by atoms with Crippen LogP contribution in [0.3, 0.4) is 0 Å². The Balaban J connectivity index is 2.30. The Hall–Kier alpha value is -1.15. The number of nitrogens with one attached hydrogen (secondary N) is 1. The first kappa shape index (κ1) is 18.2. The average molecular weight is 361 g/mol. The van der Waals surface area contributed by atoms with E-state index in [2.05, 4.69) is 5.32 Å². The molecule has 2 rings (SSSR count).